The predicted molar refractivity (Wildman–Crippen MR) is 36.6 cm³/mol. The molecule has 7 nitrogen and oxygen atoms in total. The van der Waals surface area contributed by atoms with Gasteiger partial charge in [0.05, 0.1) is 6.61 Å². The molecule has 13 heavy (non-hydrogen) atoms. The predicted octanol–water partition coefficient (Wildman–Crippen LogP) is -3.13. The molecule has 0 bridgehead atoms. The van der Waals surface area contributed by atoms with Crippen molar-refractivity contribution in [3.05, 3.63) is 0 Å². The van der Waals surface area contributed by atoms with Crippen LogP contribution < -0.4 is 0 Å². The Labute approximate surface area is 72.8 Å². The maximum Gasteiger partial charge on any atom is 0.367 e. The SMILES string of the molecule is O=C(O)[C@@]1(O)O[C@H](CO)[C@@H](O)[C@H]1O. The molecule has 76 valence electrons. The first-order chi connectivity index (χ1) is 5.93. The summed E-state index contributed by atoms with van der Waals surface area (Å²) in [6, 6.07) is 0. The van der Waals surface area contributed by atoms with Crippen LogP contribution in [0.5, 0.6) is 0 Å². The largest absolute Gasteiger partial charge is 0.477 e. The average molecular weight is 194 g/mol. The minimum absolute atomic E-state index is 0.687. The van der Waals surface area contributed by atoms with Crippen LogP contribution in [-0.4, -0.2) is 62.2 Å². The smallest absolute Gasteiger partial charge is 0.367 e. The normalized spacial score (nSPS) is 45.1. The number of rotatable bonds is 2. The van der Waals surface area contributed by atoms with Crippen molar-refractivity contribution in [2.45, 2.75) is 24.1 Å². The van der Waals surface area contributed by atoms with Crippen LogP contribution in [0.2, 0.25) is 0 Å². The number of aliphatic carboxylic acids is 1. The summed E-state index contributed by atoms with van der Waals surface area (Å²) >= 11 is 0. The average Bonchev–Trinajstić information content (AvgIpc) is 2.31. The molecule has 1 fully saturated rings. The highest BCUT2D eigenvalue weighted by molar-refractivity contribution is 5.76. The number of hydrogen-bond donors (Lipinski definition) is 5. The Morgan fingerprint density at radius 1 is 1.46 bits per heavy atom. The van der Waals surface area contributed by atoms with Gasteiger partial charge in [-0.3, -0.25) is 0 Å². The summed E-state index contributed by atoms with van der Waals surface area (Å²) in [5.41, 5.74) is 0. The van der Waals surface area contributed by atoms with Crippen LogP contribution in [0.25, 0.3) is 0 Å². The number of aliphatic hydroxyl groups is 4. The molecular weight excluding hydrogens is 184 g/mol. The highest BCUT2D eigenvalue weighted by Gasteiger charge is 2.58. The lowest BCUT2D eigenvalue weighted by molar-refractivity contribution is -0.239. The second kappa shape index (κ2) is 3.20. The van der Waals surface area contributed by atoms with Crippen molar-refractivity contribution in [1.82, 2.24) is 0 Å². The molecule has 1 saturated heterocycles. The van der Waals surface area contributed by atoms with E-state index < -0.39 is 36.7 Å². The molecule has 0 aliphatic carbocycles. The van der Waals surface area contributed by atoms with E-state index in [4.69, 9.17) is 25.5 Å². The van der Waals surface area contributed by atoms with Gasteiger partial charge in [-0.25, -0.2) is 4.79 Å². The third-order valence-electron chi connectivity index (χ3n) is 1.92. The van der Waals surface area contributed by atoms with Gasteiger partial charge in [-0.1, -0.05) is 0 Å². The van der Waals surface area contributed by atoms with Gasteiger partial charge in [0.2, 0.25) is 0 Å². The van der Waals surface area contributed by atoms with Crippen LogP contribution in [0.1, 0.15) is 0 Å². The van der Waals surface area contributed by atoms with Crippen molar-refractivity contribution < 1.29 is 35.1 Å². The first-order valence-corrected chi connectivity index (χ1v) is 3.54. The topological polar surface area (TPSA) is 127 Å². The Bertz CT molecular complexity index is 217. The molecule has 0 aromatic heterocycles. The Kier molecular flexibility index (Phi) is 2.55. The maximum atomic E-state index is 10.4. The quantitative estimate of drug-likeness (QED) is 0.314. The maximum absolute atomic E-state index is 10.4. The van der Waals surface area contributed by atoms with Gasteiger partial charge < -0.3 is 30.3 Å². The molecule has 5 N–H and O–H groups in total. The fourth-order valence-electron chi connectivity index (χ4n) is 1.13. The Hall–Kier alpha value is -0.730. The lowest BCUT2D eigenvalue weighted by atomic mass is 10.1. The molecule has 0 radical (unpaired) electrons. The molecule has 4 atom stereocenters. The van der Waals surface area contributed by atoms with E-state index in [-0.39, 0.29) is 0 Å². The van der Waals surface area contributed by atoms with Crippen LogP contribution in [0.3, 0.4) is 0 Å². The molecule has 0 saturated carbocycles. The number of carbonyl (C=O) groups is 1. The number of carboxylic acid groups (broad SMARTS) is 1. The van der Waals surface area contributed by atoms with Crippen molar-refractivity contribution in [3.63, 3.8) is 0 Å². The molecule has 0 aromatic rings. The standard InChI is InChI=1S/C6H10O7/c7-1-2-3(8)4(9)6(12,13-2)5(10)11/h2-4,7-9,12H,1H2,(H,10,11)/t2-,3-,4-,6+/m1/s1. The molecule has 1 aliphatic heterocycles. The van der Waals surface area contributed by atoms with Gasteiger partial charge >= 0.3 is 5.97 Å². The fraction of sp³-hybridized carbons (Fsp3) is 0.833. The van der Waals surface area contributed by atoms with Crippen molar-refractivity contribution in [1.29, 1.82) is 0 Å². The fourth-order valence-corrected chi connectivity index (χ4v) is 1.13. The molecule has 0 unspecified atom stereocenters. The Balaban J connectivity index is 2.87. The van der Waals surface area contributed by atoms with Crippen LogP contribution in [0.4, 0.5) is 0 Å². The number of aliphatic hydroxyl groups excluding tert-OH is 3. The third-order valence-corrected chi connectivity index (χ3v) is 1.92. The van der Waals surface area contributed by atoms with E-state index in [9.17, 15) is 4.79 Å². The van der Waals surface area contributed by atoms with Crippen LogP contribution in [0, 0.1) is 0 Å². The van der Waals surface area contributed by atoms with Gasteiger partial charge in [-0.15, -0.1) is 0 Å². The molecule has 1 aliphatic rings. The molecular formula is C6H10O7. The van der Waals surface area contributed by atoms with E-state index >= 15 is 0 Å². The number of hydrogen-bond acceptors (Lipinski definition) is 6. The second-order valence-electron chi connectivity index (χ2n) is 2.78. The van der Waals surface area contributed by atoms with E-state index in [0.717, 1.165) is 0 Å². The zero-order chi connectivity index (χ0) is 10.2. The van der Waals surface area contributed by atoms with E-state index in [1.54, 1.807) is 0 Å². The van der Waals surface area contributed by atoms with Crippen LogP contribution in [0.15, 0.2) is 0 Å². The summed E-state index contributed by atoms with van der Waals surface area (Å²) in [6.45, 7) is -0.687. The van der Waals surface area contributed by atoms with Gasteiger partial charge in [-0.05, 0) is 0 Å². The summed E-state index contributed by atoms with van der Waals surface area (Å²) in [5, 5.41) is 44.3. The zero-order valence-electron chi connectivity index (χ0n) is 6.49. The Morgan fingerprint density at radius 3 is 2.23 bits per heavy atom. The van der Waals surface area contributed by atoms with Crippen LogP contribution >= 0.6 is 0 Å². The summed E-state index contributed by atoms with van der Waals surface area (Å²) in [4.78, 5) is 10.4. The number of carboxylic acids is 1. The van der Waals surface area contributed by atoms with Crippen molar-refractivity contribution in [2.75, 3.05) is 6.61 Å². The minimum Gasteiger partial charge on any atom is -0.477 e. The highest BCUT2D eigenvalue weighted by Crippen LogP contribution is 2.29. The summed E-state index contributed by atoms with van der Waals surface area (Å²) in [6.07, 6.45) is -4.88. The lowest BCUT2D eigenvalue weighted by Gasteiger charge is -2.19. The molecule has 0 amide bonds. The van der Waals surface area contributed by atoms with Gasteiger partial charge in [0.25, 0.3) is 5.79 Å². The Morgan fingerprint density at radius 2 is 2.00 bits per heavy atom. The lowest BCUT2D eigenvalue weighted by Crippen LogP contribution is -2.49. The third kappa shape index (κ3) is 1.40. The molecule has 0 spiro atoms. The van der Waals surface area contributed by atoms with E-state index in [2.05, 4.69) is 4.74 Å². The van der Waals surface area contributed by atoms with Crippen LogP contribution in [-0.2, 0) is 9.53 Å². The molecule has 1 rings (SSSR count). The van der Waals surface area contributed by atoms with E-state index in [1.807, 2.05) is 0 Å². The molecule has 1 heterocycles. The van der Waals surface area contributed by atoms with Crippen molar-refractivity contribution in [3.8, 4) is 0 Å². The van der Waals surface area contributed by atoms with E-state index in [1.165, 1.54) is 0 Å². The first-order valence-electron chi connectivity index (χ1n) is 3.54. The van der Waals surface area contributed by atoms with Gasteiger partial charge in [0.1, 0.15) is 18.3 Å². The summed E-state index contributed by atoms with van der Waals surface area (Å²) in [7, 11) is 0. The van der Waals surface area contributed by atoms with Gasteiger partial charge in [0, 0.05) is 0 Å². The van der Waals surface area contributed by atoms with E-state index in [0.29, 0.717) is 0 Å². The van der Waals surface area contributed by atoms with Gasteiger partial charge in [0.15, 0.2) is 0 Å². The molecule has 7 heteroatoms. The van der Waals surface area contributed by atoms with Gasteiger partial charge in [-0.2, -0.15) is 0 Å². The van der Waals surface area contributed by atoms with Crippen molar-refractivity contribution in [2.24, 2.45) is 0 Å². The first kappa shape index (κ1) is 10.4. The minimum atomic E-state index is -2.84. The number of ether oxygens (including phenoxy) is 1. The molecule has 0 aromatic carbocycles. The monoisotopic (exact) mass is 194 g/mol. The summed E-state index contributed by atoms with van der Waals surface area (Å²) in [5.74, 6) is -4.65. The highest BCUT2D eigenvalue weighted by atomic mass is 16.7. The zero-order valence-corrected chi connectivity index (χ0v) is 6.49. The summed E-state index contributed by atoms with van der Waals surface area (Å²) < 4.78 is 4.39. The second-order valence-corrected chi connectivity index (χ2v) is 2.78. The van der Waals surface area contributed by atoms with Crippen molar-refractivity contribution >= 4 is 5.97 Å².